The molecule has 1 aromatic rings. The Bertz CT molecular complexity index is 315. The van der Waals surface area contributed by atoms with Crippen molar-refractivity contribution >= 4 is 17.6 Å². The second kappa shape index (κ2) is 5.37. The number of nitrogens with one attached hydrogen (secondary N) is 1. The number of anilines is 1. The first kappa shape index (κ1) is 10.8. The van der Waals surface area contributed by atoms with Gasteiger partial charge in [-0.1, -0.05) is 6.07 Å². The lowest BCUT2D eigenvalue weighted by Gasteiger charge is -2.25. The van der Waals surface area contributed by atoms with Gasteiger partial charge in [-0.15, -0.1) is 11.8 Å². The number of aromatic nitrogens is 1. The molecule has 0 bridgehead atoms. The molecular weight excluding hydrogens is 208 g/mol. The summed E-state index contributed by atoms with van der Waals surface area (Å²) >= 11 is 1.93. The van der Waals surface area contributed by atoms with Crippen molar-refractivity contribution < 1.29 is 4.74 Å². The molecule has 0 unspecified atom stereocenters. The SMILES string of the molecule is CCNc1cccc(CSC2COC2)n1. The van der Waals surface area contributed by atoms with E-state index in [1.165, 1.54) is 0 Å². The molecule has 1 N–H and O–H groups in total. The van der Waals surface area contributed by atoms with Crippen molar-refractivity contribution in [2.75, 3.05) is 25.1 Å². The summed E-state index contributed by atoms with van der Waals surface area (Å²) in [7, 11) is 0. The Balaban J connectivity index is 1.86. The minimum absolute atomic E-state index is 0.676. The minimum Gasteiger partial charge on any atom is -0.379 e. The van der Waals surface area contributed by atoms with Gasteiger partial charge < -0.3 is 10.1 Å². The zero-order valence-electron chi connectivity index (χ0n) is 8.90. The minimum atomic E-state index is 0.676. The summed E-state index contributed by atoms with van der Waals surface area (Å²) in [6, 6.07) is 6.13. The van der Waals surface area contributed by atoms with Crippen LogP contribution in [0.4, 0.5) is 5.82 Å². The van der Waals surface area contributed by atoms with E-state index in [1.807, 2.05) is 17.8 Å². The maximum Gasteiger partial charge on any atom is 0.126 e. The lowest BCUT2D eigenvalue weighted by Crippen LogP contribution is -2.30. The number of thioether (sulfide) groups is 1. The predicted molar refractivity (Wildman–Crippen MR) is 64.3 cm³/mol. The van der Waals surface area contributed by atoms with Crippen molar-refractivity contribution in [3.8, 4) is 0 Å². The molecular formula is C11H16N2OS. The first-order valence-electron chi connectivity index (χ1n) is 5.27. The molecule has 0 aliphatic carbocycles. The molecule has 82 valence electrons. The Morgan fingerprint density at radius 3 is 3.07 bits per heavy atom. The zero-order chi connectivity index (χ0) is 10.5. The van der Waals surface area contributed by atoms with Crippen LogP contribution < -0.4 is 5.32 Å². The van der Waals surface area contributed by atoms with Gasteiger partial charge in [0.2, 0.25) is 0 Å². The van der Waals surface area contributed by atoms with Gasteiger partial charge in [-0.05, 0) is 19.1 Å². The topological polar surface area (TPSA) is 34.1 Å². The summed E-state index contributed by atoms with van der Waals surface area (Å²) in [6.45, 7) is 4.80. The molecule has 0 amide bonds. The van der Waals surface area contributed by atoms with E-state index < -0.39 is 0 Å². The molecule has 15 heavy (non-hydrogen) atoms. The van der Waals surface area contributed by atoms with Crippen molar-refractivity contribution in [3.05, 3.63) is 23.9 Å². The van der Waals surface area contributed by atoms with Crippen molar-refractivity contribution in [1.29, 1.82) is 0 Å². The van der Waals surface area contributed by atoms with Crippen molar-refractivity contribution in [2.45, 2.75) is 17.9 Å². The molecule has 0 atom stereocenters. The first-order chi connectivity index (χ1) is 7.38. The Morgan fingerprint density at radius 1 is 1.53 bits per heavy atom. The molecule has 0 aromatic carbocycles. The van der Waals surface area contributed by atoms with E-state index in [0.29, 0.717) is 5.25 Å². The van der Waals surface area contributed by atoms with Gasteiger partial charge in [0.15, 0.2) is 0 Å². The Hall–Kier alpha value is -0.740. The Morgan fingerprint density at radius 2 is 2.40 bits per heavy atom. The highest BCUT2D eigenvalue weighted by molar-refractivity contribution is 7.99. The predicted octanol–water partition coefficient (Wildman–Crippen LogP) is 2.15. The third kappa shape index (κ3) is 3.11. The third-order valence-electron chi connectivity index (χ3n) is 2.24. The molecule has 3 nitrogen and oxygen atoms in total. The molecule has 1 aromatic heterocycles. The number of hydrogen-bond donors (Lipinski definition) is 1. The number of ether oxygens (including phenoxy) is 1. The number of nitrogens with zero attached hydrogens (tertiary/aromatic N) is 1. The van der Waals surface area contributed by atoms with E-state index in [-0.39, 0.29) is 0 Å². The maximum absolute atomic E-state index is 5.13. The summed E-state index contributed by atoms with van der Waals surface area (Å²) in [5.41, 5.74) is 1.14. The van der Waals surface area contributed by atoms with Crippen LogP contribution in [0.2, 0.25) is 0 Å². The van der Waals surface area contributed by atoms with Gasteiger partial charge in [0.1, 0.15) is 5.82 Å². The lowest BCUT2D eigenvalue weighted by atomic mass is 10.4. The molecule has 2 rings (SSSR count). The highest BCUT2D eigenvalue weighted by atomic mass is 32.2. The monoisotopic (exact) mass is 224 g/mol. The quantitative estimate of drug-likeness (QED) is 0.831. The molecule has 1 aliphatic heterocycles. The normalized spacial score (nSPS) is 16.1. The van der Waals surface area contributed by atoms with Gasteiger partial charge in [0, 0.05) is 12.3 Å². The number of pyridine rings is 1. The van der Waals surface area contributed by atoms with Gasteiger partial charge in [-0.2, -0.15) is 0 Å². The lowest BCUT2D eigenvalue weighted by molar-refractivity contribution is 0.0455. The summed E-state index contributed by atoms with van der Waals surface area (Å²) < 4.78 is 5.13. The van der Waals surface area contributed by atoms with Crippen LogP contribution in [0.15, 0.2) is 18.2 Å². The van der Waals surface area contributed by atoms with Gasteiger partial charge in [0.25, 0.3) is 0 Å². The van der Waals surface area contributed by atoms with Gasteiger partial charge in [-0.25, -0.2) is 4.98 Å². The Kier molecular flexibility index (Phi) is 3.86. The molecule has 0 spiro atoms. The number of rotatable bonds is 5. The highest BCUT2D eigenvalue weighted by Gasteiger charge is 2.18. The molecule has 1 aliphatic rings. The van der Waals surface area contributed by atoms with Crippen molar-refractivity contribution in [3.63, 3.8) is 0 Å². The maximum atomic E-state index is 5.13. The highest BCUT2D eigenvalue weighted by Crippen LogP contribution is 2.22. The summed E-state index contributed by atoms with van der Waals surface area (Å²) in [5, 5.41) is 3.89. The van der Waals surface area contributed by atoms with Crippen LogP contribution >= 0.6 is 11.8 Å². The van der Waals surface area contributed by atoms with Crippen LogP contribution in [0.1, 0.15) is 12.6 Å². The molecule has 1 fully saturated rings. The molecule has 0 radical (unpaired) electrons. The molecule has 1 saturated heterocycles. The smallest absolute Gasteiger partial charge is 0.126 e. The fraction of sp³-hybridized carbons (Fsp3) is 0.545. The standard InChI is InChI=1S/C11H16N2OS/c1-2-12-11-5-3-4-9(13-11)8-15-10-6-14-7-10/h3-5,10H,2,6-8H2,1H3,(H,12,13). The average molecular weight is 224 g/mol. The van der Waals surface area contributed by atoms with Gasteiger partial charge in [0.05, 0.1) is 24.2 Å². The van der Waals surface area contributed by atoms with Crippen LogP contribution in [-0.4, -0.2) is 30.0 Å². The van der Waals surface area contributed by atoms with Gasteiger partial charge >= 0.3 is 0 Å². The van der Waals surface area contributed by atoms with E-state index >= 15 is 0 Å². The van der Waals surface area contributed by atoms with Crippen molar-refractivity contribution in [2.24, 2.45) is 0 Å². The van der Waals surface area contributed by atoms with E-state index in [2.05, 4.69) is 29.4 Å². The largest absolute Gasteiger partial charge is 0.379 e. The van der Waals surface area contributed by atoms with E-state index in [4.69, 9.17) is 4.74 Å². The summed E-state index contributed by atoms with van der Waals surface area (Å²) in [5.74, 6) is 1.95. The van der Waals surface area contributed by atoms with E-state index in [0.717, 1.165) is 37.0 Å². The van der Waals surface area contributed by atoms with Crippen LogP contribution in [0.3, 0.4) is 0 Å². The van der Waals surface area contributed by atoms with Crippen LogP contribution in [0.25, 0.3) is 0 Å². The van der Waals surface area contributed by atoms with Gasteiger partial charge in [-0.3, -0.25) is 0 Å². The fourth-order valence-corrected chi connectivity index (χ4v) is 2.31. The van der Waals surface area contributed by atoms with Crippen LogP contribution in [-0.2, 0) is 10.5 Å². The van der Waals surface area contributed by atoms with Crippen LogP contribution in [0, 0.1) is 0 Å². The molecule has 4 heteroatoms. The van der Waals surface area contributed by atoms with Crippen molar-refractivity contribution in [1.82, 2.24) is 4.98 Å². The molecule has 2 heterocycles. The number of hydrogen-bond acceptors (Lipinski definition) is 4. The summed E-state index contributed by atoms with van der Waals surface area (Å²) in [4.78, 5) is 4.52. The van der Waals surface area contributed by atoms with E-state index in [1.54, 1.807) is 0 Å². The third-order valence-corrected chi connectivity index (χ3v) is 3.45. The Labute approximate surface area is 94.6 Å². The summed E-state index contributed by atoms with van der Waals surface area (Å²) in [6.07, 6.45) is 0. The second-order valence-corrected chi connectivity index (χ2v) is 4.80. The van der Waals surface area contributed by atoms with Crippen LogP contribution in [0.5, 0.6) is 0 Å². The van der Waals surface area contributed by atoms with E-state index in [9.17, 15) is 0 Å². The first-order valence-corrected chi connectivity index (χ1v) is 6.32. The second-order valence-electron chi connectivity index (χ2n) is 3.51. The molecule has 0 saturated carbocycles. The fourth-order valence-electron chi connectivity index (χ4n) is 1.35. The zero-order valence-corrected chi connectivity index (χ0v) is 9.72. The average Bonchev–Trinajstić information content (AvgIpc) is 2.16.